The van der Waals surface area contributed by atoms with E-state index in [9.17, 15) is 4.79 Å². The molecule has 0 aliphatic heterocycles. The van der Waals surface area contributed by atoms with Crippen LogP contribution in [0.2, 0.25) is 0 Å². The Hall–Kier alpha value is -2.37. The van der Waals surface area contributed by atoms with Crippen LogP contribution in [-0.4, -0.2) is 27.1 Å². The number of nitrogens with two attached hydrogens (primary N) is 1. The summed E-state index contributed by atoms with van der Waals surface area (Å²) >= 11 is 0. The monoisotopic (exact) mass is 316 g/mol. The fourth-order valence-corrected chi connectivity index (χ4v) is 2.36. The number of hydrogen-bond donors (Lipinski definition) is 1. The van der Waals surface area contributed by atoms with Crippen molar-refractivity contribution in [3.8, 4) is 0 Å². The van der Waals surface area contributed by atoms with Gasteiger partial charge in [0.05, 0.1) is 18.6 Å². The van der Waals surface area contributed by atoms with E-state index >= 15 is 0 Å². The van der Waals surface area contributed by atoms with E-state index in [1.54, 1.807) is 25.5 Å². The molecular formula is C17H24N4O2. The number of aromatic nitrogens is 3. The molecule has 23 heavy (non-hydrogen) atoms. The first-order valence-corrected chi connectivity index (χ1v) is 8.02. The van der Waals surface area contributed by atoms with Crippen LogP contribution in [0.5, 0.6) is 0 Å². The molecule has 0 saturated carbocycles. The van der Waals surface area contributed by atoms with Crippen molar-refractivity contribution in [2.75, 3.05) is 12.3 Å². The Kier molecular flexibility index (Phi) is 6.14. The van der Waals surface area contributed by atoms with Crippen LogP contribution in [0.3, 0.4) is 0 Å². The lowest BCUT2D eigenvalue weighted by Crippen LogP contribution is -2.19. The highest BCUT2D eigenvalue weighted by Crippen LogP contribution is 2.21. The minimum atomic E-state index is -0.428. The van der Waals surface area contributed by atoms with Crippen LogP contribution in [0, 0.1) is 0 Å². The highest BCUT2D eigenvalue weighted by Gasteiger charge is 2.25. The third-order valence-corrected chi connectivity index (χ3v) is 3.64. The first-order chi connectivity index (χ1) is 11.1. The number of imidazole rings is 1. The van der Waals surface area contributed by atoms with Crippen molar-refractivity contribution in [3.05, 3.63) is 42.1 Å². The number of nitrogen functional groups attached to an aromatic ring is 1. The molecule has 1 atom stereocenters. The SMILES string of the molecule is CCCCn1cnc(C(Cc2ccc(N)nc2)C(=O)OCC)c1. The van der Waals surface area contributed by atoms with Gasteiger partial charge in [0.15, 0.2) is 0 Å². The van der Waals surface area contributed by atoms with Crippen molar-refractivity contribution in [2.45, 2.75) is 45.6 Å². The van der Waals surface area contributed by atoms with Crippen LogP contribution < -0.4 is 5.73 Å². The van der Waals surface area contributed by atoms with Crippen molar-refractivity contribution in [1.82, 2.24) is 14.5 Å². The molecule has 0 saturated heterocycles. The van der Waals surface area contributed by atoms with Gasteiger partial charge in [-0.15, -0.1) is 0 Å². The number of carbonyl (C=O) groups excluding carboxylic acids is 1. The Morgan fingerprint density at radius 2 is 2.17 bits per heavy atom. The molecule has 124 valence electrons. The normalized spacial score (nSPS) is 12.1. The summed E-state index contributed by atoms with van der Waals surface area (Å²) in [6.45, 7) is 5.21. The van der Waals surface area contributed by atoms with Gasteiger partial charge in [0.2, 0.25) is 0 Å². The van der Waals surface area contributed by atoms with Crippen LogP contribution in [0.1, 0.15) is 43.9 Å². The minimum absolute atomic E-state index is 0.259. The van der Waals surface area contributed by atoms with E-state index in [1.165, 1.54) is 0 Å². The summed E-state index contributed by atoms with van der Waals surface area (Å²) in [6, 6.07) is 3.61. The number of unbranched alkanes of at least 4 members (excludes halogenated alkanes) is 1. The van der Waals surface area contributed by atoms with Crippen molar-refractivity contribution >= 4 is 11.8 Å². The van der Waals surface area contributed by atoms with E-state index in [0.717, 1.165) is 30.6 Å². The second-order valence-corrected chi connectivity index (χ2v) is 5.49. The number of carbonyl (C=O) groups is 1. The maximum absolute atomic E-state index is 12.3. The molecule has 0 fully saturated rings. The summed E-state index contributed by atoms with van der Waals surface area (Å²) in [6.07, 6.45) is 8.10. The molecule has 2 aromatic heterocycles. The van der Waals surface area contributed by atoms with E-state index in [-0.39, 0.29) is 5.97 Å². The minimum Gasteiger partial charge on any atom is -0.465 e. The largest absolute Gasteiger partial charge is 0.465 e. The molecule has 0 amide bonds. The van der Waals surface area contributed by atoms with E-state index in [4.69, 9.17) is 10.5 Å². The molecule has 2 rings (SSSR count). The first-order valence-electron chi connectivity index (χ1n) is 8.02. The highest BCUT2D eigenvalue weighted by atomic mass is 16.5. The lowest BCUT2D eigenvalue weighted by atomic mass is 9.97. The zero-order chi connectivity index (χ0) is 16.7. The second kappa shape index (κ2) is 8.31. The third-order valence-electron chi connectivity index (χ3n) is 3.64. The summed E-state index contributed by atoms with van der Waals surface area (Å²) in [5.41, 5.74) is 7.27. The molecular weight excluding hydrogens is 292 g/mol. The number of esters is 1. The van der Waals surface area contributed by atoms with Gasteiger partial charge in [0.1, 0.15) is 11.7 Å². The molecule has 6 heteroatoms. The van der Waals surface area contributed by atoms with Crippen molar-refractivity contribution in [3.63, 3.8) is 0 Å². The van der Waals surface area contributed by atoms with Gasteiger partial charge in [-0.1, -0.05) is 19.4 Å². The maximum atomic E-state index is 12.3. The molecule has 0 spiro atoms. The fourth-order valence-electron chi connectivity index (χ4n) is 2.36. The smallest absolute Gasteiger partial charge is 0.315 e. The summed E-state index contributed by atoms with van der Waals surface area (Å²) in [7, 11) is 0. The third kappa shape index (κ3) is 4.81. The van der Waals surface area contributed by atoms with Crippen LogP contribution in [0.4, 0.5) is 5.82 Å². The van der Waals surface area contributed by atoms with Crippen LogP contribution >= 0.6 is 0 Å². The molecule has 2 heterocycles. The molecule has 2 aromatic rings. The molecule has 6 nitrogen and oxygen atoms in total. The molecule has 0 bridgehead atoms. The number of rotatable bonds is 8. The first kappa shape index (κ1) is 17.0. The topological polar surface area (TPSA) is 83.0 Å². The number of nitrogens with zero attached hydrogens (tertiary/aromatic N) is 3. The predicted octanol–water partition coefficient (Wildman–Crippen LogP) is 2.55. The van der Waals surface area contributed by atoms with Gasteiger partial charge in [0, 0.05) is 18.9 Å². The van der Waals surface area contributed by atoms with Crippen LogP contribution in [-0.2, 0) is 22.5 Å². The summed E-state index contributed by atoms with van der Waals surface area (Å²) in [5, 5.41) is 0. The fraction of sp³-hybridized carbons (Fsp3) is 0.471. The number of aryl methyl sites for hydroxylation is 1. The number of pyridine rings is 1. The van der Waals surface area contributed by atoms with Gasteiger partial charge in [0.25, 0.3) is 0 Å². The van der Waals surface area contributed by atoms with Crippen LogP contribution in [0.15, 0.2) is 30.9 Å². The van der Waals surface area contributed by atoms with Gasteiger partial charge >= 0.3 is 5.97 Å². The van der Waals surface area contributed by atoms with Gasteiger partial charge in [-0.2, -0.15) is 0 Å². The van der Waals surface area contributed by atoms with Crippen LogP contribution in [0.25, 0.3) is 0 Å². The molecule has 0 aliphatic rings. The summed E-state index contributed by atoms with van der Waals surface area (Å²) < 4.78 is 7.23. The zero-order valence-corrected chi connectivity index (χ0v) is 13.7. The average Bonchev–Trinajstić information content (AvgIpc) is 3.01. The standard InChI is InChI=1S/C17H24N4O2/c1-3-5-8-21-11-15(20-12-21)14(17(22)23-4-2)9-13-6-7-16(18)19-10-13/h6-7,10-12,14H,3-5,8-9H2,1-2H3,(H2,18,19). The van der Waals surface area contributed by atoms with E-state index in [1.807, 2.05) is 16.8 Å². The lowest BCUT2D eigenvalue weighted by molar-refractivity contribution is -0.145. The van der Waals surface area contributed by atoms with E-state index in [0.29, 0.717) is 18.8 Å². The molecule has 0 aliphatic carbocycles. The molecule has 0 aromatic carbocycles. The number of ether oxygens (including phenoxy) is 1. The predicted molar refractivity (Wildman–Crippen MR) is 88.9 cm³/mol. The van der Waals surface area contributed by atoms with Gasteiger partial charge in [-0.05, 0) is 31.4 Å². The Balaban J connectivity index is 2.17. The zero-order valence-electron chi connectivity index (χ0n) is 13.7. The lowest BCUT2D eigenvalue weighted by Gasteiger charge is -2.13. The average molecular weight is 316 g/mol. The van der Waals surface area contributed by atoms with E-state index < -0.39 is 5.92 Å². The maximum Gasteiger partial charge on any atom is 0.315 e. The summed E-state index contributed by atoms with van der Waals surface area (Å²) in [5.74, 6) is -0.224. The van der Waals surface area contributed by atoms with Gasteiger partial charge < -0.3 is 15.0 Å². The van der Waals surface area contributed by atoms with Gasteiger partial charge in [-0.25, -0.2) is 9.97 Å². The quantitative estimate of drug-likeness (QED) is 0.757. The Labute approximate surface area is 136 Å². The van der Waals surface area contributed by atoms with Gasteiger partial charge in [-0.3, -0.25) is 4.79 Å². The Morgan fingerprint density at radius 1 is 1.35 bits per heavy atom. The van der Waals surface area contributed by atoms with Crippen molar-refractivity contribution in [1.29, 1.82) is 0 Å². The summed E-state index contributed by atoms with van der Waals surface area (Å²) in [4.78, 5) is 20.8. The van der Waals surface area contributed by atoms with Crippen molar-refractivity contribution in [2.24, 2.45) is 0 Å². The number of hydrogen-bond acceptors (Lipinski definition) is 5. The van der Waals surface area contributed by atoms with E-state index in [2.05, 4.69) is 16.9 Å². The van der Waals surface area contributed by atoms with Crippen molar-refractivity contribution < 1.29 is 9.53 Å². The number of anilines is 1. The molecule has 0 radical (unpaired) electrons. The second-order valence-electron chi connectivity index (χ2n) is 5.49. The Bertz CT molecular complexity index is 622. The molecule has 2 N–H and O–H groups in total. The molecule has 1 unspecified atom stereocenters. The highest BCUT2D eigenvalue weighted by molar-refractivity contribution is 5.77. The Morgan fingerprint density at radius 3 is 2.83 bits per heavy atom.